The second-order valence-electron chi connectivity index (χ2n) is 23.7. The molecule has 464 valence electrons. The number of likely N-dealkylation sites (N-methyl/N-ethyl adjacent to an activating group) is 1. The highest BCUT2D eigenvalue weighted by atomic mass is 31.2. The number of hydrogen-bond acceptors (Lipinski definition) is 6. The molecule has 3 unspecified atom stereocenters. The number of carbonyl (C=O) groups excluding carboxylic acids is 2. The van der Waals surface area contributed by atoms with Crippen molar-refractivity contribution in [1.29, 1.82) is 0 Å². The predicted molar refractivity (Wildman–Crippen MR) is 346 cm³/mol. The Balaban J connectivity index is 5.09. The molecule has 0 aromatic rings. The summed E-state index contributed by atoms with van der Waals surface area (Å²) in [6.45, 7) is 6.95. The van der Waals surface area contributed by atoms with Crippen LogP contribution in [-0.2, 0) is 27.9 Å². The van der Waals surface area contributed by atoms with Crippen LogP contribution in [0.4, 0.5) is 0 Å². The molecule has 1 amide bonds. The van der Waals surface area contributed by atoms with Gasteiger partial charge in [0.15, 0.2) is 0 Å². The lowest BCUT2D eigenvalue weighted by atomic mass is 10.0. The standard InChI is InChI=1S/C70H127N2O7P/c1-7-10-13-16-19-22-25-28-30-31-32-33-34-35-36-37-38-39-40-41-43-45-48-51-54-57-60-63-70(74)79-68(61-58-55-52-49-46-27-24-21-18-15-12-9-3)67(66-78-80(75,76)77-65-64-72(4,5)6)71-69(73)62-59-56-53-50-47-44-42-29-26-23-20-17-14-11-8-2/h19-20,22-23,26,28-30,32-33,35-36,58,61,67-68H,7-18,21,24-25,27,31,34,37-57,59-60,62-66H2,1-6H3,(H-,71,73,75,76)/p+1/b22-19-,23-20+,29-26+,30-28-,33-32-,36-35-,61-58-. The smallest absolute Gasteiger partial charge is 0.456 e. The van der Waals surface area contributed by atoms with Gasteiger partial charge in [-0.1, -0.05) is 267 Å². The summed E-state index contributed by atoms with van der Waals surface area (Å²) in [6, 6.07) is -0.859. The molecule has 0 aliphatic carbocycles. The van der Waals surface area contributed by atoms with Gasteiger partial charge < -0.3 is 19.4 Å². The summed E-state index contributed by atoms with van der Waals surface area (Å²) in [7, 11) is 1.48. The van der Waals surface area contributed by atoms with Crippen molar-refractivity contribution in [1.82, 2.24) is 5.32 Å². The molecule has 0 saturated carbocycles. The quantitative estimate of drug-likeness (QED) is 0.0156. The number of quaternary nitrogens is 1. The normalized spacial score (nSPS) is 14.1. The summed E-state index contributed by atoms with van der Waals surface area (Å²) in [5.41, 5.74) is 0. The number of nitrogens with zero attached hydrogens (tertiary/aromatic N) is 1. The number of carbonyl (C=O) groups is 2. The van der Waals surface area contributed by atoms with Gasteiger partial charge in [-0.3, -0.25) is 18.6 Å². The molecule has 0 bridgehead atoms. The third kappa shape index (κ3) is 59.8. The SMILES string of the molecule is CCCCC/C=C\C/C=C\C/C=C\C/C=C\CCCCCCCCCCCCCC(=O)OC(/C=C\CCCCCCCCCCCC)C(COP(=O)(O)OCC[N+](C)(C)C)NC(=O)CCCCCCCC/C=C/C=C/CCCCC. The van der Waals surface area contributed by atoms with E-state index in [1.54, 1.807) is 0 Å². The summed E-state index contributed by atoms with van der Waals surface area (Å²) in [4.78, 5) is 37.8. The number of allylic oxidation sites excluding steroid dienone is 13. The van der Waals surface area contributed by atoms with Crippen molar-refractivity contribution in [3.05, 3.63) is 85.1 Å². The topological polar surface area (TPSA) is 111 Å². The molecular formula is C70H128N2O7P+. The van der Waals surface area contributed by atoms with Gasteiger partial charge in [0.05, 0.1) is 33.8 Å². The Labute approximate surface area is 495 Å². The molecule has 0 heterocycles. The summed E-state index contributed by atoms with van der Waals surface area (Å²) in [6.07, 6.45) is 78.7. The summed E-state index contributed by atoms with van der Waals surface area (Å²) in [5, 5.41) is 3.05. The first-order valence-electron chi connectivity index (χ1n) is 33.4. The lowest BCUT2D eigenvalue weighted by molar-refractivity contribution is -0.870. The van der Waals surface area contributed by atoms with E-state index in [1.807, 2.05) is 33.3 Å². The number of unbranched alkanes of at least 4 members (excludes halogenated alkanes) is 33. The van der Waals surface area contributed by atoms with Gasteiger partial charge in [-0.15, -0.1) is 0 Å². The van der Waals surface area contributed by atoms with Crippen molar-refractivity contribution in [2.75, 3.05) is 40.9 Å². The Morgan fingerprint density at radius 1 is 0.450 bits per heavy atom. The van der Waals surface area contributed by atoms with Crippen LogP contribution in [0, 0.1) is 0 Å². The molecule has 9 nitrogen and oxygen atoms in total. The van der Waals surface area contributed by atoms with Gasteiger partial charge in [0, 0.05) is 12.8 Å². The van der Waals surface area contributed by atoms with Crippen LogP contribution in [0.1, 0.15) is 297 Å². The van der Waals surface area contributed by atoms with Gasteiger partial charge in [-0.05, 0) is 102 Å². The van der Waals surface area contributed by atoms with Gasteiger partial charge in [0.2, 0.25) is 5.91 Å². The summed E-state index contributed by atoms with van der Waals surface area (Å²) in [5.74, 6) is -0.519. The largest absolute Gasteiger partial charge is 0.472 e. The molecule has 0 radical (unpaired) electrons. The van der Waals surface area contributed by atoms with Crippen LogP contribution in [-0.4, -0.2) is 74.3 Å². The van der Waals surface area contributed by atoms with Crippen LogP contribution in [0.15, 0.2) is 85.1 Å². The number of hydrogen-bond donors (Lipinski definition) is 2. The molecule has 3 atom stereocenters. The van der Waals surface area contributed by atoms with E-state index in [4.69, 9.17) is 13.8 Å². The van der Waals surface area contributed by atoms with Crippen molar-refractivity contribution in [3.63, 3.8) is 0 Å². The van der Waals surface area contributed by atoms with E-state index < -0.39 is 20.0 Å². The average Bonchev–Trinajstić information content (AvgIpc) is 3.43. The van der Waals surface area contributed by atoms with Crippen LogP contribution < -0.4 is 5.32 Å². The summed E-state index contributed by atoms with van der Waals surface area (Å²) >= 11 is 0. The third-order valence-electron chi connectivity index (χ3n) is 14.6. The van der Waals surface area contributed by atoms with E-state index in [-0.39, 0.29) is 31.5 Å². The monoisotopic (exact) mass is 1140 g/mol. The van der Waals surface area contributed by atoms with Gasteiger partial charge in [-0.2, -0.15) is 0 Å². The molecule has 2 N–H and O–H groups in total. The highest BCUT2D eigenvalue weighted by molar-refractivity contribution is 7.47. The molecule has 0 aliphatic heterocycles. The molecule has 0 saturated heterocycles. The van der Waals surface area contributed by atoms with Crippen molar-refractivity contribution in [3.8, 4) is 0 Å². The van der Waals surface area contributed by atoms with E-state index in [0.29, 0.717) is 17.4 Å². The zero-order chi connectivity index (χ0) is 58.6. The molecule has 10 heteroatoms. The molecule has 0 aromatic heterocycles. The Hall–Kier alpha value is -2.81. The third-order valence-corrected chi connectivity index (χ3v) is 15.6. The fourth-order valence-electron chi connectivity index (χ4n) is 9.39. The van der Waals surface area contributed by atoms with Crippen LogP contribution in [0.2, 0.25) is 0 Å². The Bertz CT molecular complexity index is 1640. The van der Waals surface area contributed by atoms with Gasteiger partial charge >= 0.3 is 13.8 Å². The minimum atomic E-state index is -4.46. The number of rotatable bonds is 60. The number of amides is 1. The molecule has 0 aromatic carbocycles. The van der Waals surface area contributed by atoms with E-state index in [9.17, 15) is 19.0 Å². The van der Waals surface area contributed by atoms with Crippen LogP contribution in [0.5, 0.6) is 0 Å². The molecular weight excluding hydrogens is 1010 g/mol. The Morgan fingerprint density at radius 2 is 0.800 bits per heavy atom. The van der Waals surface area contributed by atoms with Gasteiger partial charge in [0.25, 0.3) is 0 Å². The number of nitrogens with one attached hydrogen (secondary N) is 1. The molecule has 0 fully saturated rings. The first-order valence-corrected chi connectivity index (χ1v) is 34.9. The van der Waals surface area contributed by atoms with Crippen molar-refractivity contribution < 1.29 is 37.3 Å². The van der Waals surface area contributed by atoms with Crippen LogP contribution in [0.3, 0.4) is 0 Å². The Kier molecular flexibility index (Phi) is 57.3. The lowest BCUT2D eigenvalue weighted by Crippen LogP contribution is -2.47. The van der Waals surface area contributed by atoms with E-state index in [1.165, 1.54) is 167 Å². The van der Waals surface area contributed by atoms with Crippen LogP contribution in [0.25, 0.3) is 0 Å². The van der Waals surface area contributed by atoms with Crippen molar-refractivity contribution in [2.24, 2.45) is 0 Å². The minimum absolute atomic E-state index is 0.0347. The summed E-state index contributed by atoms with van der Waals surface area (Å²) < 4.78 is 30.7. The fraction of sp³-hybridized carbons (Fsp3) is 0.771. The first-order chi connectivity index (χ1) is 38.9. The zero-order valence-electron chi connectivity index (χ0n) is 53.1. The molecule has 0 aliphatic rings. The maximum Gasteiger partial charge on any atom is 0.472 e. The number of ether oxygens (including phenoxy) is 1. The average molecular weight is 1140 g/mol. The highest BCUT2D eigenvalue weighted by Crippen LogP contribution is 2.43. The van der Waals surface area contributed by atoms with Gasteiger partial charge in [0.1, 0.15) is 19.3 Å². The molecule has 0 spiro atoms. The van der Waals surface area contributed by atoms with E-state index >= 15 is 0 Å². The first kappa shape index (κ1) is 77.2. The minimum Gasteiger partial charge on any atom is -0.456 e. The number of esters is 1. The lowest BCUT2D eigenvalue weighted by Gasteiger charge is -2.27. The second kappa shape index (κ2) is 59.4. The number of phosphoric ester groups is 1. The van der Waals surface area contributed by atoms with E-state index in [0.717, 1.165) is 96.3 Å². The van der Waals surface area contributed by atoms with Crippen molar-refractivity contribution >= 4 is 19.7 Å². The highest BCUT2D eigenvalue weighted by Gasteiger charge is 2.30. The fourth-order valence-corrected chi connectivity index (χ4v) is 10.1. The maximum absolute atomic E-state index is 13.5. The molecule has 0 rings (SSSR count). The second-order valence-corrected chi connectivity index (χ2v) is 25.1. The van der Waals surface area contributed by atoms with Gasteiger partial charge in [-0.25, -0.2) is 4.57 Å². The van der Waals surface area contributed by atoms with Crippen molar-refractivity contribution in [2.45, 2.75) is 309 Å². The zero-order valence-corrected chi connectivity index (χ0v) is 54.0. The molecule has 80 heavy (non-hydrogen) atoms. The van der Waals surface area contributed by atoms with E-state index in [2.05, 4.69) is 99.0 Å². The number of phosphoric acid groups is 1. The van der Waals surface area contributed by atoms with Crippen LogP contribution >= 0.6 is 7.82 Å². The Morgan fingerprint density at radius 3 is 1.24 bits per heavy atom. The maximum atomic E-state index is 13.5. The predicted octanol–water partition coefficient (Wildman–Crippen LogP) is 21.0.